The van der Waals surface area contributed by atoms with E-state index < -0.39 is 0 Å². The molecule has 0 atom stereocenters. The lowest BCUT2D eigenvalue weighted by Gasteiger charge is -2.19. The molecule has 4 aromatic rings. The van der Waals surface area contributed by atoms with Crippen molar-refractivity contribution in [3.05, 3.63) is 94.8 Å². The van der Waals surface area contributed by atoms with E-state index in [2.05, 4.69) is 79.2 Å². The van der Waals surface area contributed by atoms with Crippen molar-refractivity contribution in [3.63, 3.8) is 0 Å². The molecule has 1 amide bonds. The number of aryl methyl sites for hydroxylation is 3. The van der Waals surface area contributed by atoms with Crippen LogP contribution in [0.3, 0.4) is 0 Å². The van der Waals surface area contributed by atoms with Crippen LogP contribution in [0.1, 0.15) is 72.9 Å². The smallest absolute Gasteiger partial charge is 0.251 e. The zero-order valence-corrected chi connectivity index (χ0v) is 23.5. The zero-order valence-electron chi connectivity index (χ0n) is 23.5. The Hall–Kier alpha value is -3.60. The van der Waals surface area contributed by atoms with Crippen molar-refractivity contribution >= 4 is 16.9 Å². The summed E-state index contributed by atoms with van der Waals surface area (Å²) in [5.74, 6) is 2.00. The molecule has 0 spiro atoms. The summed E-state index contributed by atoms with van der Waals surface area (Å²) in [6, 6.07) is 22.7. The van der Waals surface area contributed by atoms with Crippen LogP contribution in [0.4, 0.5) is 0 Å². The van der Waals surface area contributed by atoms with Gasteiger partial charge in [0.2, 0.25) is 0 Å². The van der Waals surface area contributed by atoms with Crippen LogP contribution in [0.15, 0.2) is 66.7 Å². The van der Waals surface area contributed by atoms with Gasteiger partial charge in [-0.15, -0.1) is 0 Å². The fourth-order valence-electron chi connectivity index (χ4n) is 4.82. The Morgan fingerprint density at radius 3 is 2.45 bits per heavy atom. The van der Waals surface area contributed by atoms with Crippen molar-refractivity contribution < 1.29 is 9.53 Å². The number of ether oxygens (including phenoxy) is 1. The minimum Gasteiger partial charge on any atom is -0.492 e. The maximum absolute atomic E-state index is 12.5. The summed E-state index contributed by atoms with van der Waals surface area (Å²) in [6.07, 6.45) is 3.91. The summed E-state index contributed by atoms with van der Waals surface area (Å²) >= 11 is 0. The largest absolute Gasteiger partial charge is 0.492 e. The number of carbonyl (C=O) groups excluding carboxylic acids is 1. The van der Waals surface area contributed by atoms with Crippen LogP contribution in [0, 0.1) is 13.8 Å². The molecule has 0 aliphatic carbocycles. The number of rotatable bonds is 11. The molecule has 5 nitrogen and oxygen atoms in total. The molecule has 38 heavy (non-hydrogen) atoms. The first kappa shape index (κ1) is 27.4. The summed E-state index contributed by atoms with van der Waals surface area (Å²) < 4.78 is 8.39. The number of carbonyl (C=O) groups is 1. The minimum absolute atomic E-state index is 0.0114. The molecule has 3 aromatic carbocycles. The SMILES string of the molecule is Cc1ccc(C(=O)NCCCCCc2nc3ccccc3n2CCOc2ccc(C(C)(C)C)cc2)c(C)c1. The number of imidazole rings is 1. The third-order valence-corrected chi connectivity index (χ3v) is 7.03. The Morgan fingerprint density at radius 1 is 0.947 bits per heavy atom. The lowest BCUT2D eigenvalue weighted by molar-refractivity contribution is 0.0952. The maximum atomic E-state index is 12.5. The predicted molar refractivity (Wildman–Crippen MR) is 156 cm³/mol. The molecule has 0 saturated heterocycles. The van der Waals surface area contributed by atoms with E-state index in [-0.39, 0.29) is 11.3 Å². The van der Waals surface area contributed by atoms with Gasteiger partial charge in [-0.25, -0.2) is 4.98 Å². The quantitative estimate of drug-likeness (QED) is 0.217. The first-order valence-corrected chi connectivity index (χ1v) is 13.8. The van der Waals surface area contributed by atoms with E-state index >= 15 is 0 Å². The number of aromatic nitrogens is 2. The minimum atomic E-state index is 0.0114. The lowest BCUT2D eigenvalue weighted by Crippen LogP contribution is -2.25. The van der Waals surface area contributed by atoms with E-state index in [1.54, 1.807) is 0 Å². The van der Waals surface area contributed by atoms with E-state index in [1.165, 1.54) is 11.1 Å². The standard InChI is InChI=1S/C33H41N3O2/c1-24-14-19-28(25(2)23-24)32(37)34-20-10-6-7-13-31-35-29-11-8-9-12-30(29)36(31)21-22-38-27-17-15-26(16-18-27)33(3,4)5/h8-9,11-12,14-19,23H,6-7,10,13,20-22H2,1-5H3,(H,34,37). The van der Waals surface area contributed by atoms with E-state index in [0.717, 1.165) is 66.0 Å². The number of amides is 1. The molecule has 5 heteroatoms. The van der Waals surface area contributed by atoms with E-state index in [9.17, 15) is 4.79 Å². The third-order valence-electron chi connectivity index (χ3n) is 7.03. The molecular formula is C33H41N3O2. The normalized spacial score (nSPS) is 11.6. The average molecular weight is 512 g/mol. The summed E-state index contributed by atoms with van der Waals surface area (Å²) in [4.78, 5) is 17.4. The Bertz CT molecular complexity index is 1360. The van der Waals surface area contributed by atoms with Crippen LogP contribution in [0.5, 0.6) is 5.75 Å². The topological polar surface area (TPSA) is 56.2 Å². The van der Waals surface area contributed by atoms with Crippen LogP contribution in [-0.2, 0) is 18.4 Å². The number of benzene rings is 3. The van der Waals surface area contributed by atoms with Crippen molar-refractivity contribution in [2.75, 3.05) is 13.2 Å². The van der Waals surface area contributed by atoms with Gasteiger partial charge in [-0.1, -0.05) is 69.2 Å². The Kier molecular flexibility index (Phi) is 8.88. The van der Waals surface area contributed by atoms with Crippen molar-refractivity contribution in [1.82, 2.24) is 14.9 Å². The van der Waals surface area contributed by atoms with Gasteiger partial charge >= 0.3 is 0 Å². The van der Waals surface area contributed by atoms with Gasteiger partial charge in [-0.2, -0.15) is 0 Å². The Balaban J connectivity index is 1.27. The van der Waals surface area contributed by atoms with Crippen molar-refractivity contribution in [1.29, 1.82) is 0 Å². The first-order chi connectivity index (χ1) is 18.2. The highest BCUT2D eigenvalue weighted by atomic mass is 16.5. The van der Waals surface area contributed by atoms with Crippen LogP contribution in [0.25, 0.3) is 11.0 Å². The van der Waals surface area contributed by atoms with Gasteiger partial charge in [0, 0.05) is 18.5 Å². The summed E-state index contributed by atoms with van der Waals surface area (Å²) in [5, 5.41) is 3.07. The molecule has 1 aromatic heterocycles. The van der Waals surface area contributed by atoms with E-state index in [0.29, 0.717) is 13.2 Å². The number of para-hydroxylation sites is 2. The molecule has 0 unspecified atom stereocenters. The monoisotopic (exact) mass is 511 g/mol. The molecule has 1 N–H and O–H groups in total. The van der Waals surface area contributed by atoms with E-state index in [4.69, 9.17) is 9.72 Å². The molecule has 0 saturated carbocycles. The van der Waals surface area contributed by atoms with Crippen molar-refractivity contribution in [3.8, 4) is 5.75 Å². The van der Waals surface area contributed by atoms with Gasteiger partial charge in [-0.3, -0.25) is 4.79 Å². The van der Waals surface area contributed by atoms with Gasteiger partial charge in [0.25, 0.3) is 5.91 Å². The third kappa shape index (κ3) is 7.03. The number of hydrogen-bond acceptors (Lipinski definition) is 3. The highest BCUT2D eigenvalue weighted by Gasteiger charge is 2.14. The number of fused-ring (bicyclic) bond motifs is 1. The van der Waals surface area contributed by atoms with Crippen LogP contribution in [-0.4, -0.2) is 28.6 Å². The van der Waals surface area contributed by atoms with Crippen LogP contribution >= 0.6 is 0 Å². The zero-order chi connectivity index (χ0) is 27.1. The van der Waals surface area contributed by atoms with Gasteiger partial charge in [0.05, 0.1) is 17.6 Å². The highest BCUT2D eigenvalue weighted by molar-refractivity contribution is 5.95. The Labute approximate surface area is 227 Å². The highest BCUT2D eigenvalue weighted by Crippen LogP contribution is 2.24. The predicted octanol–water partition coefficient (Wildman–Crippen LogP) is 7.17. The van der Waals surface area contributed by atoms with Crippen molar-refractivity contribution in [2.24, 2.45) is 0 Å². The molecule has 0 aliphatic rings. The molecule has 200 valence electrons. The van der Waals surface area contributed by atoms with Gasteiger partial charge in [0.15, 0.2) is 0 Å². The molecule has 1 heterocycles. The average Bonchev–Trinajstić information content (AvgIpc) is 3.23. The molecule has 0 fully saturated rings. The molecule has 4 rings (SSSR count). The lowest BCUT2D eigenvalue weighted by atomic mass is 9.87. The van der Waals surface area contributed by atoms with Crippen LogP contribution in [0.2, 0.25) is 0 Å². The number of hydrogen-bond donors (Lipinski definition) is 1. The fourth-order valence-corrected chi connectivity index (χ4v) is 4.82. The molecule has 0 radical (unpaired) electrons. The summed E-state index contributed by atoms with van der Waals surface area (Å²) in [7, 11) is 0. The fraction of sp³-hybridized carbons (Fsp3) is 0.394. The number of nitrogens with zero attached hydrogens (tertiary/aromatic N) is 2. The Morgan fingerprint density at radius 2 is 1.71 bits per heavy atom. The second kappa shape index (κ2) is 12.3. The first-order valence-electron chi connectivity index (χ1n) is 13.8. The second-order valence-corrected chi connectivity index (χ2v) is 11.2. The van der Waals surface area contributed by atoms with Gasteiger partial charge in [-0.05, 0) is 73.6 Å². The molecule has 0 aliphatic heterocycles. The van der Waals surface area contributed by atoms with Gasteiger partial charge in [0.1, 0.15) is 18.2 Å². The summed E-state index contributed by atoms with van der Waals surface area (Å²) in [5.41, 5.74) is 6.56. The van der Waals surface area contributed by atoms with E-state index in [1.807, 2.05) is 32.0 Å². The van der Waals surface area contributed by atoms with Crippen LogP contribution < -0.4 is 10.1 Å². The molecule has 0 bridgehead atoms. The molecular weight excluding hydrogens is 470 g/mol. The van der Waals surface area contributed by atoms with Gasteiger partial charge < -0.3 is 14.6 Å². The maximum Gasteiger partial charge on any atom is 0.251 e. The summed E-state index contributed by atoms with van der Waals surface area (Å²) in [6.45, 7) is 12.7. The second-order valence-electron chi connectivity index (χ2n) is 11.2. The van der Waals surface area contributed by atoms with Crippen molar-refractivity contribution in [2.45, 2.75) is 72.3 Å². The number of unbranched alkanes of at least 4 members (excludes halogenated alkanes) is 2. The number of nitrogens with one attached hydrogen (secondary N) is 1.